The third-order valence-electron chi connectivity index (χ3n) is 8.88. The molecule has 0 aromatic carbocycles. The van der Waals surface area contributed by atoms with Gasteiger partial charge in [-0.05, 0) is 37.5 Å². The Balaban J connectivity index is 1.60. The van der Waals surface area contributed by atoms with Gasteiger partial charge >= 0.3 is 0 Å². The van der Waals surface area contributed by atoms with Crippen LogP contribution in [0.1, 0.15) is 64.7 Å². The van der Waals surface area contributed by atoms with Crippen LogP contribution in [0.3, 0.4) is 0 Å². The summed E-state index contributed by atoms with van der Waals surface area (Å²) in [4.78, 5) is 39.7. The number of carbonyl (C=O) groups is 3. The minimum atomic E-state index is -1.16. The molecule has 0 unspecified atom stereocenters. The van der Waals surface area contributed by atoms with Crippen LogP contribution in [0, 0.1) is 22.7 Å². The van der Waals surface area contributed by atoms with Gasteiger partial charge in [-0.2, -0.15) is 0 Å². The number of hydrogen-bond acceptors (Lipinski definition) is 5. The zero-order chi connectivity index (χ0) is 19.9. The van der Waals surface area contributed by atoms with Gasteiger partial charge < -0.3 is 9.47 Å². The maximum atomic E-state index is 14.0. The molecule has 4 bridgehead atoms. The summed E-state index contributed by atoms with van der Waals surface area (Å²) in [5, 5.41) is 0. The van der Waals surface area contributed by atoms with Crippen LogP contribution in [-0.4, -0.2) is 35.8 Å². The van der Waals surface area contributed by atoms with Gasteiger partial charge in [-0.15, -0.1) is 0 Å². The maximum absolute atomic E-state index is 14.0. The summed E-state index contributed by atoms with van der Waals surface area (Å²) < 4.78 is 13.1. The molecule has 0 N–H and O–H groups in total. The lowest BCUT2D eigenvalue weighted by atomic mass is 9.50. The van der Waals surface area contributed by atoms with E-state index in [1.54, 1.807) is 7.11 Å². The maximum Gasteiger partial charge on any atom is 0.171 e. The molecule has 6 aliphatic rings. The van der Waals surface area contributed by atoms with Gasteiger partial charge in [-0.3, -0.25) is 14.4 Å². The lowest BCUT2D eigenvalue weighted by Crippen LogP contribution is -2.72. The van der Waals surface area contributed by atoms with Gasteiger partial charge in [0.2, 0.25) is 0 Å². The number of ketones is 3. The van der Waals surface area contributed by atoms with Crippen LogP contribution in [0.4, 0.5) is 0 Å². The monoisotopic (exact) mass is 450 g/mol. The summed E-state index contributed by atoms with van der Waals surface area (Å²) in [7, 11) is 1.65. The molecule has 2 heterocycles. The second kappa shape index (κ2) is 5.86. The van der Waals surface area contributed by atoms with Gasteiger partial charge in [0, 0.05) is 49.1 Å². The van der Waals surface area contributed by atoms with E-state index in [1.165, 1.54) is 0 Å². The quantitative estimate of drug-likeness (QED) is 0.607. The number of halogens is 1. The highest BCUT2D eigenvalue weighted by Gasteiger charge is 2.72. The second-order valence-corrected chi connectivity index (χ2v) is 10.6. The second-order valence-electron chi connectivity index (χ2n) is 9.70. The predicted octanol–water partition coefficient (Wildman–Crippen LogP) is 3.87. The molecule has 28 heavy (non-hydrogen) atoms. The van der Waals surface area contributed by atoms with Gasteiger partial charge in [0.1, 0.15) is 11.6 Å². The number of fused-ring (bicyclic) bond motifs is 2. The molecule has 4 atom stereocenters. The zero-order valence-corrected chi connectivity index (χ0v) is 18.1. The van der Waals surface area contributed by atoms with Gasteiger partial charge in [-0.25, -0.2) is 0 Å². The molecule has 0 radical (unpaired) electrons. The molecule has 2 saturated heterocycles. The highest BCUT2D eigenvalue weighted by molar-refractivity contribution is 9.11. The van der Waals surface area contributed by atoms with Crippen LogP contribution in [-0.2, 0) is 23.9 Å². The summed E-state index contributed by atoms with van der Waals surface area (Å²) in [5.41, 5.74) is -2.62. The fourth-order valence-electron chi connectivity index (χ4n) is 7.12. The van der Waals surface area contributed by atoms with E-state index in [1.807, 2.05) is 0 Å². The SMILES string of the molecule is CO[C@]12CC[C@@]3(C)[C@H](CC=C(Br)[C@@]3(C(=O)CC34C(=O)CCC3CCC4=O)O1)C2. The zero-order valence-electron chi connectivity index (χ0n) is 16.5. The summed E-state index contributed by atoms with van der Waals surface area (Å²) in [5.74, 6) is -0.664. The van der Waals surface area contributed by atoms with Crippen molar-refractivity contribution in [2.24, 2.45) is 22.7 Å². The van der Waals surface area contributed by atoms with Gasteiger partial charge in [0.25, 0.3) is 0 Å². The molecule has 5 nitrogen and oxygen atoms in total. The fraction of sp³-hybridized carbons (Fsp3) is 0.773. The van der Waals surface area contributed by atoms with Crippen LogP contribution in [0.25, 0.3) is 0 Å². The van der Waals surface area contributed by atoms with Crippen LogP contribution >= 0.6 is 15.9 Å². The lowest BCUT2D eigenvalue weighted by Gasteiger charge is -2.66. The van der Waals surface area contributed by atoms with Crippen molar-refractivity contribution >= 4 is 33.3 Å². The minimum absolute atomic E-state index is 0.0139. The minimum Gasteiger partial charge on any atom is -0.353 e. The van der Waals surface area contributed by atoms with E-state index in [0.29, 0.717) is 12.8 Å². The van der Waals surface area contributed by atoms with Crippen LogP contribution in [0.5, 0.6) is 0 Å². The highest BCUT2D eigenvalue weighted by Crippen LogP contribution is 2.68. The summed E-state index contributed by atoms with van der Waals surface area (Å²) in [6.07, 6.45) is 7.55. The molecule has 5 fully saturated rings. The van der Waals surface area contributed by atoms with Crippen LogP contribution in [0.15, 0.2) is 10.6 Å². The number of carbonyl (C=O) groups excluding carboxylic acids is 3. The van der Waals surface area contributed by atoms with Crippen molar-refractivity contribution in [2.45, 2.75) is 76.1 Å². The Morgan fingerprint density at radius 3 is 2.54 bits per heavy atom. The molecule has 152 valence electrons. The van der Waals surface area contributed by atoms with Gasteiger partial charge in [0.05, 0.1) is 5.41 Å². The van der Waals surface area contributed by atoms with Crippen LogP contribution in [0.2, 0.25) is 0 Å². The van der Waals surface area contributed by atoms with Crippen LogP contribution < -0.4 is 0 Å². The van der Waals surface area contributed by atoms with Gasteiger partial charge in [0.15, 0.2) is 17.2 Å². The van der Waals surface area contributed by atoms with Crippen molar-refractivity contribution in [3.8, 4) is 0 Å². The number of allylic oxidation sites excluding steroid dienone is 1. The number of Topliss-reactive ketones (excluding diaryl/α,β-unsaturated/α-hetero) is 3. The molecule has 6 rings (SSSR count). The Hall–Kier alpha value is -0.850. The van der Waals surface area contributed by atoms with E-state index in [0.717, 1.165) is 43.0 Å². The smallest absolute Gasteiger partial charge is 0.171 e. The van der Waals surface area contributed by atoms with E-state index in [9.17, 15) is 14.4 Å². The van der Waals surface area contributed by atoms with Crippen molar-refractivity contribution in [1.82, 2.24) is 0 Å². The molecule has 2 aliphatic heterocycles. The molecule has 4 aliphatic carbocycles. The van der Waals surface area contributed by atoms with Crippen molar-refractivity contribution in [2.75, 3.05) is 7.11 Å². The van der Waals surface area contributed by atoms with E-state index < -0.39 is 16.8 Å². The van der Waals surface area contributed by atoms with Crippen molar-refractivity contribution < 1.29 is 23.9 Å². The van der Waals surface area contributed by atoms with E-state index in [-0.39, 0.29) is 41.0 Å². The number of rotatable bonds is 4. The van der Waals surface area contributed by atoms with E-state index >= 15 is 0 Å². The van der Waals surface area contributed by atoms with Crippen molar-refractivity contribution in [1.29, 1.82) is 0 Å². The first kappa shape index (κ1) is 19.1. The Morgan fingerprint density at radius 2 is 1.89 bits per heavy atom. The third kappa shape index (κ3) is 2.02. The molecule has 3 saturated carbocycles. The normalized spacial score (nSPS) is 49.3. The van der Waals surface area contributed by atoms with Crippen molar-refractivity contribution in [3.63, 3.8) is 0 Å². The molecular formula is C22H27BrO5. The molecule has 6 heteroatoms. The number of hydrogen-bond donors (Lipinski definition) is 0. The first-order valence-corrected chi connectivity index (χ1v) is 11.2. The first-order valence-electron chi connectivity index (χ1n) is 10.5. The lowest BCUT2D eigenvalue weighted by molar-refractivity contribution is -0.364. The highest BCUT2D eigenvalue weighted by atomic mass is 79.9. The number of methoxy groups -OCH3 is 1. The Kier molecular flexibility index (Phi) is 4.00. The molecular weight excluding hydrogens is 424 g/mol. The average Bonchev–Trinajstić information content (AvgIpc) is 3.16. The average molecular weight is 451 g/mol. The molecule has 0 amide bonds. The first-order chi connectivity index (χ1) is 13.2. The summed E-state index contributed by atoms with van der Waals surface area (Å²) in [6, 6.07) is 0. The Bertz CT molecular complexity index is 798. The van der Waals surface area contributed by atoms with Gasteiger partial charge in [-0.1, -0.05) is 28.9 Å². The Morgan fingerprint density at radius 1 is 1.21 bits per heavy atom. The van der Waals surface area contributed by atoms with E-state index in [4.69, 9.17) is 9.47 Å². The molecule has 0 spiro atoms. The number of ether oxygens (including phenoxy) is 2. The molecule has 0 aromatic rings. The third-order valence-corrected chi connectivity index (χ3v) is 9.76. The summed E-state index contributed by atoms with van der Waals surface area (Å²) in [6.45, 7) is 2.14. The fourth-order valence-corrected chi connectivity index (χ4v) is 8.06. The topological polar surface area (TPSA) is 69.7 Å². The summed E-state index contributed by atoms with van der Waals surface area (Å²) >= 11 is 3.66. The standard InChI is InChI=1S/C22H27BrO5/c1-19-9-10-20(27-2)11-14(19)3-6-15(23)22(19,28-20)18(26)12-21-13(4-7-16(21)24)5-8-17(21)25/h6,13-14H,3-5,7-12H2,1-2H3/t13?,14-,19+,20-,21?,22+/m1/s1. The van der Waals surface area contributed by atoms with E-state index in [2.05, 4.69) is 28.9 Å². The van der Waals surface area contributed by atoms with Crippen molar-refractivity contribution in [3.05, 3.63) is 10.6 Å². The largest absolute Gasteiger partial charge is 0.353 e. The Labute approximate surface area is 173 Å². The predicted molar refractivity (Wildman–Crippen MR) is 105 cm³/mol. The molecule has 0 aromatic heterocycles.